The number of fused-ring (bicyclic) bond motifs is 1. The normalized spacial score (nSPS) is 10.9. The molecule has 0 aliphatic heterocycles. The minimum Gasteiger partial charge on any atom is -0.465 e. The minimum atomic E-state index is -0.260. The molecular formula is C14H18N4O2. The van der Waals surface area contributed by atoms with Crippen molar-refractivity contribution >= 4 is 22.7 Å². The molecule has 2 N–H and O–H groups in total. The van der Waals surface area contributed by atoms with Gasteiger partial charge in [-0.3, -0.25) is 9.69 Å². The molecule has 0 atom stereocenters. The molecule has 0 aliphatic rings. The Balaban J connectivity index is 2.11. The molecule has 0 unspecified atom stereocenters. The molecule has 2 aromatic rings. The van der Waals surface area contributed by atoms with Crippen LogP contribution < -0.4 is 5.73 Å². The Labute approximate surface area is 117 Å². The van der Waals surface area contributed by atoms with E-state index in [1.807, 2.05) is 31.3 Å². The fourth-order valence-electron chi connectivity index (χ4n) is 1.95. The number of benzene rings is 1. The molecule has 1 heterocycles. The van der Waals surface area contributed by atoms with Crippen molar-refractivity contribution in [3.05, 3.63) is 30.1 Å². The number of nitrogens with zero attached hydrogens (tertiary/aromatic N) is 3. The fourth-order valence-corrected chi connectivity index (χ4v) is 1.95. The smallest absolute Gasteiger partial charge is 0.320 e. The van der Waals surface area contributed by atoms with E-state index in [2.05, 4.69) is 9.97 Å². The van der Waals surface area contributed by atoms with Gasteiger partial charge in [0.1, 0.15) is 11.6 Å². The summed E-state index contributed by atoms with van der Waals surface area (Å²) in [5.74, 6) is 0.784. The van der Waals surface area contributed by atoms with E-state index in [1.165, 1.54) is 0 Å². The monoisotopic (exact) mass is 274 g/mol. The molecule has 20 heavy (non-hydrogen) atoms. The highest BCUT2D eigenvalue weighted by atomic mass is 16.5. The Morgan fingerprint density at radius 1 is 1.35 bits per heavy atom. The van der Waals surface area contributed by atoms with Gasteiger partial charge in [-0.05, 0) is 26.1 Å². The Morgan fingerprint density at radius 2 is 2.10 bits per heavy atom. The maximum Gasteiger partial charge on any atom is 0.320 e. The topological polar surface area (TPSA) is 81.3 Å². The van der Waals surface area contributed by atoms with Gasteiger partial charge in [0, 0.05) is 5.39 Å². The first kappa shape index (κ1) is 14.2. The summed E-state index contributed by atoms with van der Waals surface area (Å²) in [6, 6.07) is 7.58. The number of ether oxygens (including phenoxy) is 1. The molecule has 0 aliphatic carbocycles. The third-order valence-electron chi connectivity index (χ3n) is 2.79. The number of para-hydroxylation sites is 1. The van der Waals surface area contributed by atoms with Crippen LogP contribution in [0.3, 0.4) is 0 Å². The van der Waals surface area contributed by atoms with Crippen molar-refractivity contribution in [3.63, 3.8) is 0 Å². The van der Waals surface area contributed by atoms with E-state index in [0.29, 0.717) is 24.8 Å². The number of nitrogens with two attached hydrogens (primary N) is 1. The standard InChI is InChI=1S/C14H18N4O2/c1-3-20-13(19)9-18(2)8-12-16-11-7-5-4-6-10(11)14(15)17-12/h4-7H,3,8-9H2,1-2H3,(H2,15,16,17). The molecule has 0 bridgehead atoms. The van der Waals surface area contributed by atoms with Crippen molar-refractivity contribution in [1.29, 1.82) is 0 Å². The predicted octanol–water partition coefficient (Wildman–Crippen LogP) is 1.21. The number of aromatic nitrogens is 2. The molecule has 0 amide bonds. The van der Waals surface area contributed by atoms with E-state index in [9.17, 15) is 4.79 Å². The third kappa shape index (κ3) is 3.42. The van der Waals surface area contributed by atoms with Crippen LogP contribution in [0.2, 0.25) is 0 Å². The Morgan fingerprint density at radius 3 is 2.85 bits per heavy atom. The van der Waals surface area contributed by atoms with Gasteiger partial charge in [0.25, 0.3) is 0 Å². The maximum atomic E-state index is 11.4. The Bertz CT molecular complexity index is 615. The molecule has 6 nitrogen and oxygen atoms in total. The van der Waals surface area contributed by atoms with Gasteiger partial charge in [-0.1, -0.05) is 12.1 Å². The fraction of sp³-hybridized carbons (Fsp3) is 0.357. The van der Waals surface area contributed by atoms with Crippen LogP contribution in [-0.2, 0) is 16.1 Å². The summed E-state index contributed by atoms with van der Waals surface area (Å²) < 4.78 is 4.90. The third-order valence-corrected chi connectivity index (χ3v) is 2.79. The van der Waals surface area contributed by atoms with Crippen molar-refractivity contribution < 1.29 is 9.53 Å². The minimum absolute atomic E-state index is 0.198. The van der Waals surface area contributed by atoms with Crippen LogP contribution in [0.4, 0.5) is 5.82 Å². The zero-order valence-corrected chi connectivity index (χ0v) is 11.7. The number of anilines is 1. The van der Waals surface area contributed by atoms with Crippen LogP contribution in [0.1, 0.15) is 12.7 Å². The van der Waals surface area contributed by atoms with Gasteiger partial charge in [-0.2, -0.15) is 0 Å². The highest BCUT2D eigenvalue weighted by Crippen LogP contribution is 2.17. The quantitative estimate of drug-likeness (QED) is 0.825. The molecule has 106 valence electrons. The maximum absolute atomic E-state index is 11.4. The average Bonchev–Trinajstić information content (AvgIpc) is 2.38. The molecule has 6 heteroatoms. The zero-order valence-electron chi connectivity index (χ0n) is 11.7. The first-order valence-corrected chi connectivity index (χ1v) is 6.45. The first-order valence-electron chi connectivity index (χ1n) is 6.45. The van der Waals surface area contributed by atoms with E-state index in [0.717, 1.165) is 10.9 Å². The second-order valence-corrected chi connectivity index (χ2v) is 4.52. The van der Waals surface area contributed by atoms with E-state index in [1.54, 1.807) is 11.8 Å². The lowest BCUT2D eigenvalue weighted by atomic mass is 10.2. The van der Waals surface area contributed by atoms with E-state index < -0.39 is 0 Å². The second-order valence-electron chi connectivity index (χ2n) is 4.52. The van der Waals surface area contributed by atoms with Crippen LogP contribution >= 0.6 is 0 Å². The van der Waals surface area contributed by atoms with E-state index >= 15 is 0 Å². The van der Waals surface area contributed by atoms with Crippen molar-refractivity contribution in [2.75, 3.05) is 25.9 Å². The van der Waals surface area contributed by atoms with Gasteiger partial charge in [0.2, 0.25) is 0 Å². The van der Waals surface area contributed by atoms with Crippen LogP contribution in [0.25, 0.3) is 10.9 Å². The summed E-state index contributed by atoms with van der Waals surface area (Å²) in [5, 5.41) is 0.837. The summed E-state index contributed by atoms with van der Waals surface area (Å²) in [6.45, 7) is 2.80. The van der Waals surface area contributed by atoms with Crippen LogP contribution in [0.5, 0.6) is 0 Å². The number of likely N-dealkylation sites (N-methyl/N-ethyl adjacent to an activating group) is 1. The summed E-state index contributed by atoms with van der Waals surface area (Å²) in [7, 11) is 1.81. The molecule has 0 spiro atoms. The molecule has 1 aromatic heterocycles. The number of carbonyl (C=O) groups excluding carboxylic acids is 1. The number of hydrogen-bond donors (Lipinski definition) is 1. The Kier molecular flexibility index (Phi) is 4.47. The van der Waals surface area contributed by atoms with Crippen molar-refractivity contribution in [2.24, 2.45) is 0 Å². The SMILES string of the molecule is CCOC(=O)CN(C)Cc1nc(N)c2ccccc2n1. The van der Waals surface area contributed by atoms with Crippen LogP contribution in [0, 0.1) is 0 Å². The largest absolute Gasteiger partial charge is 0.465 e. The average molecular weight is 274 g/mol. The highest BCUT2D eigenvalue weighted by Gasteiger charge is 2.11. The van der Waals surface area contributed by atoms with Crippen LogP contribution in [-0.4, -0.2) is 41.0 Å². The molecule has 1 aromatic carbocycles. The number of nitrogen functional groups attached to an aromatic ring is 1. The number of carbonyl (C=O) groups is 1. The summed E-state index contributed by atoms with van der Waals surface area (Å²) in [4.78, 5) is 21.9. The van der Waals surface area contributed by atoms with Gasteiger partial charge >= 0.3 is 5.97 Å². The van der Waals surface area contributed by atoms with Gasteiger partial charge in [0.15, 0.2) is 0 Å². The van der Waals surface area contributed by atoms with E-state index in [4.69, 9.17) is 10.5 Å². The summed E-state index contributed by atoms with van der Waals surface area (Å²) >= 11 is 0. The van der Waals surface area contributed by atoms with Gasteiger partial charge in [-0.15, -0.1) is 0 Å². The lowest BCUT2D eigenvalue weighted by Gasteiger charge is -2.15. The number of esters is 1. The lowest BCUT2D eigenvalue weighted by Crippen LogP contribution is -2.27. The van der Waals surface area contributed by atoms with E-state index in [-0.39, 0.29) is 12.5 Å². The second kappa shape index (κ2) is 6.29. The zero-order chi connectivity index (χ0) is 14.5. The highest BCUT2D eigenvalue weighted by molar-refractivity contribution is 5.87. The molecule has 0 fully saturated rings. The molecular weight excluding hydrogens is 256 g/mol. The van der Waals surface area contributed by atoms with Crippen molar-refractivity contribution in [3.8, 4) is 0 Å². The van der Waals surface area contributed by atoms with Crippen molar-refractivity contribution in [1.82, 2.24) is 14.9 Å². The number of hydrogen-bond acceptors (Lipinski definition) is 6. The molecule has 0 saturated heterocycles. The molecule has 0 saturated carbocycles. The lowest BCUT2D eigenvalue weighted by molar-refractivity contribution is -0.144. The van der Waals surface area contributed by atoms with Crippen molar-refractivity contribution in [2.45, 2.75) is 13.5 Å². The van der Waals surface area contributed by atoms with Gasteiger partial charge in [-0.25, -0.2) is 9.97 Å². The molecule has 2 rings (SSSR count). The van der Waals surface area contributed by atoms with Crippen LogP contribution in [0.15, 0.2) is 24.3 Å². The molecule has 0 radical (unpaired) electrons. The number of rotatable bonds is 5. The Hall–Kier alpha value is -2.21. The first-order chi connectivity index (χ1) is 9.60. The summed E-state index contributed by atoms with van der Waals surface area (Å²) in [5.41, 5.74) is 6.73. The predicted molar refractivity (Wildman–Crippen MR) is 76.9 cm³/mol. The van der Waals surface area contributed by atoms with Gasteiger partial charge in [0.05, 0.1) is 25.2 Å². The summed E-state index contributed by atoms with van der Waals surface area (Å²) in [6.07, 6.45) is 0. The van der Waals surface area contributed by atoms with Gasteiger partial charge < -0.3 is 10.5 Å².